The van der Waals surface area contributed by atoms with E-state index in [-0.39, 0.29) is 5.91 Å². The Kier molecular flexibility index (Phi) is 6.84. The summed E-state index contributed by atoms with van der Waals surface area (Å²) in [5.41, 5.74) is 5.49. The lowest BCUT2D eigenvalue weighted by Gasteiger charge is -2.26. The van der Waals surface area contributed by atoms with Gasteiger partial charge in [0.05, 0.1) is 0 Å². The molecule has 0 spiro atoms. The van der Waals surface area contributed by atoms with Crippen LogP contribution in [0.4, 0.5) is 5.82 Å². The Hall–Kier alpha value is -3.21. The van der Waals surface area contributed by atoms with Gasteiger partial charge in [-0.3, -0.25) is 4.79 Å². The molecule has 0 radical (unpaired) electrons. The fourth-order valence-corrected chi connectivity index (χ4v) is 4.38. The van der Waals surface area contributed by atoms with Crippen LogP contribution in [0.1, 0.15) is 51.9 Å². The summed E-state index contributed by atoms with van der Waals surface area (Å²) in [4.78, 5) is 26.9. The Morgan fingerprint density at radius 1 is 0.875 bits per heavy atom. The Balaban J connectivity index is 1.53. The van der Waals surface area contributed by atoms with Crippen LogP contribution in [0.5, 0.6) is 0 Å². The van der Waals surface area contributed by atoms with Gasteiger partial charge in [-0.05, 0) is 49.9 Å². The number of nitrogens with zero attached hydrogens (tertiary/aromatic N) is 4. The molecular formula is C27H32N4O. The van der Waals surface area contributed by atoms with Crippen LogP contribution < -0.4 is 4.90 Å². The van der Waals surface area contributed by atoms with E-state index < -0.39 is 0 Å². The summed E-state index contributed by atoms with van der Waals surface area (Å²) in [5.74, 6) is 1.93. The number of hydrogen-bond donors (Lipinski definition) is 0. The summed E-state index contributed by atoms with van der Waals surface area (Å²) in [6.07, 6.45) is 2.72. The molecule has 0 unspecified atom stereocenters. The number of benzene rings is 2. The van der Waals surface area contributed by atoms with E-state index in [0.29, 0.717) is 6.54 Å². The molecular weight excluding hydrogens is 396 g/mol. The molecule has 5 heteroatoms. The predicted octanol–water partition coefficient (Wildman–Crippen LogP) is 4.60. The number of rotatable bonds is 5. The molecule has 1 saturated heterocycles. The number of hydrogen-bond acceptors (Lipinski definition) is 4. The standard InChI is InChI=1S/C27H32N4O/c1-4-22-11-13-24(14-12-22)27(32)31-16-8-15-30(17-18-31)26-25(20(2)28-21(3)29-26)19-23-9-6-5-7-10-23/h5-7,9-14H,4,8,15-19H2,1-3H3. The van der Waals surface area contributed by atoms with Crippen molar-refractivity contribution in [3.8, 4) is 0 Å². The van der Waals surface area contributed by atoms with E-state index in [1.807, 2.05) is 30.0 Å². The molecule has 1 aliphatic rings. The molecule has 2 heterocycles. The number of anilines is 1. The molecule has 1 fully saturated rings. The van der Waals surface area contributed by atoms with E-state index in [0.717, 1.165) is 61.8 Å². The highest BCUT2D eigenvalue weighted by Gasteiger charge is 2.23. The molecule has 0 saturated carbocycles. The topological polar surface area (TPSA) is 49.3 Å². The lowest BCUT2D eigenvalue weighted by Crippen LogP contribution is -2.35. The molecule has 1 aliphatic heterocycles. The van der Waals surface area contributed by atoms with Crippen LogP contribution in [0.2, 0.25) is 0 Å². The largest absolute Gasteiger partial charge is 0.354 e. The van der Waals surface area contributed by atoms with E-state index in [2.05, 4.69) is 60.1 Å². The monoisotopic (exact) mass is 428 g/mol. The highest BCUT2D eigenvalue weighted by Crippen LogP contribution is 2.25. The van der Waals surface area contributed by atoms with E-state index in [1.165, 1.54) is 16.7 Å². The summed E-state index contributed by atoms with van der Waals surface area (Å²) >= 11 is 0. The van der Waals surface area contributed by atoms with Gasteiger partial charge in [-0.1, -0.05) is 49.4 Å². The first-order chi connectivity index (χ1) is 15.5. The van der Waals surface area contributed by atoms with Crippen LogP contribution in [-0.2, 0) is 12.8 Å². The zero-order valence-electron chi connectivity index (χ0n) is 19.3. The third kappa shape index (κ3) is 4.98. The summed E-state index contributed by atoms with van der Waals surface area (Å²) in [7, 11) is 0. The van der Waals surface area contributed by atoms with Crippen LogP contribution in [0.15, 0.2) is 54.6 Å². The fraction of sp³-hybridized carbons (Fsp3) is 0.370. The quantitative estimate of drug-likeness (QED) is 0.596. The van der Waals surface area contributed by atoms with Crippen molar-refractivity contribution in [3.05, 3.63) is 88.4 Å². The second-order valence-corrected chi connectivity index (χ2v) is 8.50. The smallest absolute Gasteiger partial charge is 0.253 e. The van der Waals surface area contributed by atoms with Crippen LogP contribution in [-0.4, -0.2) is 47.0 Å². The maximum absolute atomic E-state index is 13.1. The number of carbonyl (C=O) groups is 1. The molecule has 5 nitrogen and oxygen atoms in total. The Morgan fingerprint density at radius 3 is 2.34 bits per heavy atom. The first kappa shape index (κ1) is 22.0. The van der Waals surface area contributed by atoms with Crippen molar-refractivity contribution < 1.29 is 4.79 Å². The van der Waals surface area contributed by atoms with Crippen LogP contribution >= 0.6 is 0 Å². The van der Waals surface area contributed by atoms with Gasteiger partial charge in [0.2, 0.25) is 0 Å². The Morgan fingerprint density at radius 2 is 1.62 bits per heavy atom. The molecule has 166 valence electrons. The molecule has 0 bridgehead atoms. The SMILES string of the molecule is CCc1ccc(C(=O)N2CCCN(c3nc(C)nc(C)c3Cc3ccccc3)CC2)cc1. The number of carbonyl (C=O) groups excluding carboxylic acids is 1. The zero-order valence-corrected chi connectivity index (χ0v) is 19.3. The minimum absolute atomic E-state index is 0.120. The summed E-state index contributed by atoms with van der Waals surface area (Å²) < 4.78 is 0. The van der Waals surface area contributed by atoms with Gasteiger partial charge in [0.1, 0.15) is 11.6 Å². The fourth-order valence-electron chi connectivity index (χ4n) is 4.38. The van der Waals surface area contributed by atoms with Gasteiger partial charge in [-0.25, -0.2) is 9.97 Å². The highest BCUT2D eigenvalue weighted by atomic mass is 16.2. The Labute approximate surface area is 191 Å². The average Bonchev–Trinajstić information content (AvgIpc) is 3.07. The molecule has 0 N–H and O–H groups in total. The van der Waals surface area contributed by atoms with Crippen molar-refractivity contribution in [1.29, 1.82) is 0 Å². The highest BCUT2D eigenvalue weighted by molar-refractivity contribution is 5.94. The van der Waals surface area contributed by atoms with Gasteiger partial charge in [-0.15, -0.1) is 0 Å². The zero-order chi connectivity index (χ0) is 22.5. The molecule has 3 aromatic rings. The van der Waals surface area contributed by atoms with Crippen LogP contribution in [0.25, 0.3) is 0 Å². The van der Waals surface area contributed by atoms with Gasteiger partial charge in [-0.2, -0.15) is 0 Å². The van der Waals surface area contributed by atoms with Crippen molar-refractivity contribution >= 4 is 11.7 Å². The summed E-state index contributed by atoms with van der Waals surface area (Å²) in [6, 6.07) is 18.5. The van der Waals surface area contributed by atoms with Gasteiger partial charge in [0.15, 0.2) is 0 Å². The van der Waals surface area contributed by atoms with Crippen molar-refractivity contribution in [2.45, 2.75) is 40.0 Å². The first-order valence-corrected chi connectivity index (χ1v) is 11.6. The molecule has 2 aromatic carbocycles. The van der Waals surface area contributed by atoms with Gasteiger partial charge in [0, 0.05) is 49.4 Å². The van der Waals surface area contributed by atoms with Crippen molar-refractivity contribution in [1.82, 2.24) is 14.9 Å². The van der Waals surface area contributed by atoms with Gasteiger partial charge < -0.3 is 9.80 Å². The lowest BCUT2D eigenvalue weighted by atomic mass is 10.0. The van der Waals surface area contributed by atoms with Gasteiger partial charge in [0.25, 0.3) is 5.91 Å². The number of aromatic nitrogens is 2. The van der Waals surface area contributed by atoms with E-state index >= 15 is 0 Å². The lowest BCUT2D eigenvalue weighted by molar-refractivity contribution is 0.0767. The molecule has 0 aliphatic carbocycles. The van der Waals surface area contributed by atoms with Crippen molar-refractivity contribution in [2.24, 2.45) is 0 Å². The second kappa shape index (κ2) is 9.94. The van der Waals surface area contributed by atoms with Crippen molar-refractivity contribution in [3.63, 3.8) is 0 Å². The maximum Gasteiger partial charge on any atom is 0.253 e. The van der Waals surface area contributed by atoms with Crippen molar-refractivity contribution in [2.75, 3.05) is 31.1 Å². The molecule has 0 atom stereocenters. The van der Waals surface area contributed by atoms with Crippen LogP contribution in [0.3, 0.4) is 0 Å². The Bertz CT molecular complexity index is 1060. The molecule has 1 aromatic heterocycles. The molecule has 1 amide bonds. The minimum atomic E-state index is 0.120. The third-order valence-corrected chi connectivity index (χ3v) is 6.22. The minimum Gasteiger partial charge on any atom is -0.354 e. The molecule has 4 rings (SSSR count). The number of amides is 1. The van der Waals surface area contributed by atoms with E-state index in [4.69, 9.17) is 4.98 Å². The molecule has 32 heavy (non-hydrogen) atoms. The average molecular weight is 429 g/mol. The normalized spacial score (nSPS) is 14.3. The van der Waals surface area contributed by atoms with E-state index in [9.17, 15) is 4.79 Å². The van der Waals surface area contributed by atoms with Crippen LogP contribution in [0, 0.1) is 13.8 Å². The maximum atomic E-state index is 13.1. The van der Waals surface area contributed by atoms with Gasteiger partial charge >= 0.3 is 0 Å². The summed E-state index contributed by atoms with van der Waals surface area (Å²) in [5, 5.41) is 0. The first-order valence-electron chi connectivity index (χ1n) is 11.6. The summed E-state index contributed by atoms with van der Waals surface area (Å²) in [6.45, 7) is 9.28. The van der Waals surface area contributed by atoms with E-state index in [1.54, 1.807) is 0 Å². The second-order valence-electron chi connectivity index (χ2n) is 8.50. The third-order valence-electron chi connectivity index (χ3n) is 6.22. The predicted molar refractivity (Wildman–Crippen MR) is 129 cm³/mol. The number of aryl methyl sites for hydroxylation is 3.